The molecule has 8 heteroatoms. The number of hydrogen-bond acceptors (Lipinski definition) is 6. The molecule has 1 N–H and O–H groups in total. The molecule has 1 amide bonds. The fraction of sp³-hybridized carbons (Fsp3) is 0.921. The smallest absolute Gasteiger partial charge is 0.410 e. The molecule has 0 aromatic rings. The van der Waals surface area contributed by atoms with Crippen LogP contribution < -0.4 is 0 Å². The van der Waals surface area contributed by atoms with Crippen LogP contribution in [0.25, 0.3) is 0 Å². The summed E-state index contributed by atoms with van der Waals surface area (Å²) in [5.41, 5.74) is 1.55. The summed E-state index contributed by atoms with van der Waals surface area (Å²) in [5, 5.41) is 10.8. The fourth-order valence-corrected chi connectivity index (χ4v) is 13.2. The Morgan fingerprint density at radius 3 is 2.41 bits per heavy atom. The van der Waals surface area contributed by atoms with Gasteiger partial charge in [0.1, 0.15) is 11.7 Å². The number of aliphatic hydroxyl groups excluding tert-OH is 1. The maximum atomic E-state index is 12.8. The molecule has 5 aliphatic carbocycles. The van der Waals surface area contributed by atoms with E-state index in [0.29, 0.717) is 47.8 Å². The number of ether oxygens (including phenoxy) is 4. The van der Waals surface area contributed by atoms with Crippen molar-refractivity contribution in [3.63, 3.8) is 0 Å². The van der Waals surface area contributed by atoms with Crippen LogP contribution in [-0.2, 0) is 18.9 Å². The molecule has 7 rings (SSSR count). The predicted octanol–water partition coefficient (Wildman–Crippen LogP) is 7.47. The number of morpholine rings is 1. The normalized spacial score (nSPS) is 47.9. The quantitative estimate of drug-likeness (QED) is 0.315. The van der Waals surface area contributed by atoms with Gasteiger partial charge in [-0.2, -0.15) is 13.5 Å². The average molecular weight is 662 g/mol. The van der Waals surface area contributed by atoms with Crippen LogP contribution in [0.2, 0.25) is 0 Å². The first-order chi connectivity index (χ1) is 21.1. The van der Waals surface area contributed by atoms with Gasteiger partial charge in [0.05, 0.1) is 31.5 Å². The second kappa shape index (κ2) is 11.6. The third-order valence-corrected chi connectivity index (χ3v) is 15.1. The minimum absolute atomic E-state index is 0. The molecule has 0 aromatic carbocycles. The van der Waals surface area contributed by atoms with E-state index in [1.807, 2.05) is 27.7 Å². The summed E-state index contributed by atoms with van der Waals surface area (Å²) in [4.78, 5) is 14.6. The van der Waals surface area contributed by atoms with Crippen molar-refractivity contribution >= 4 is 19.6 Å². The highest BCUT2D eigenvalue weighted by Crippen LogP contribution is 2.89. The van der Waals surface area contributed by atoms with Gasteiger partial charge in [-0.3, -0.25) is 0 Å². The minimum atomic E-state index is -0.547. The summed E-state index contributed by atoms with van der Waals surface area (Å²) in [5.74, 6) is 3.50. The molecule has 2 saturated heterocycles. The molecule has 262 valence electrons. The van der Waals surface area contributed by atoms with Crippen LogP contribution in [0.3, 0.4) is 0 Å². The van der Waals surface area contributed by atoms with Crippen LogP contribution in [-0.4, -0.2) is 72.1 Å². The first-order valence-electron chi connectivity index (χ1n) is 18.3. The lowest BCUT2D eigenvalue weighted by molar-refractivity contribution is -0.243. The van der Waals surface area contributed by atoms with Gasteiger partial charge in [-0.15, -0.1) is 0 Å². The molecule has 0 aromatic heterocycles. The minimum Gasteiger partial charge on any atom is -0.444 e. The standard InChI is InChI=1S/C38H61NO6.H2S/c1-22(2)32(40)27-12-10-25-28(43-27)20-26-24-11-13-29-35(7,8)30(14-15-38(29)23(3)37(24,38)17-16-36(25,26)9)44-31-21-39(18-19-42-31)33(41)45-34(4,5)6;/h23-32,40H,1,10-21H2,2-9H3;1H2. The third-order valence-electron chi connectivity index (χ3n) is 15.1. The molecule has 2 heterocycles. The molecule has 5 saturated carbocycles. The van der Waals surface area contributed by atoms with Crippen molar-refractivity contribution in [2.75, 3.05) is 19.7 Å². The third kappa shape index (κ3) is 4.99. The highest BCUT2D eigenvalue weighted by Gasteiger charge is 2.84. The van der Waals surface area contributed by atoms with Gasteiger partial charge in [0.15, 0.2) is 6.29 Å². The van der Waals surface area contributed by atoms with E-state index in [2.05, 4.69) is 34.3 Å². The molecule has 7 nitrogen and oxygen atoms in total. The van der Waals surface area contributed by atoms with E-state index in [1.165, 1.54) is 44.9 Å². The van der Waals surface area contributed by atoms with Crippen molar-refractivity contribution in [2.24, 2.45) is 51.2 Å². The number of hydrogen-bond donors (Lipinski definition) is 1. The number of aliphatic hydroxyl groups is 1. The Kier molecular flexibility index (Phi) is 8.86. The molecule has 0 radical (unpaired) electrons. The second-order valence-electron chi connectivity index (χ2n) is 18.3. The Labute approximate surface area is 285 Å². The molecular weight excluding hydrogens is 598 g/mol. The summed E-state index contributed by atoms with van der Waals surface area (Å²) in [6, 6.07) is 0. The van der Waals surface area contributed by atoms with E-state index in [4.69, 9.17) is 18.9 Å². The highest BCUT2D eigenvalue weighted by molar-refractivity contribution is 7.59. The van der Waals surface area contributed by atoms with Crippen LogP contribution in [0.4, 0.5) is 4.79 Å². The second-order valence-corrected chi connectivity index (χ2v) is 18.3. The first kappa shape index (κ1) is 35.0. The Hall–Kier alpha value is -0.800. The van der Waals surface area contributed by atoms with E-state index >= 15 is 0 Å². The van der Waals surface area contributed by atoms with Gasteiger partial charge >= 0.3 is 6.09 Å². The summed E-state index contributed by atoms with van der Waals surface area (Å²) in [6.07, 6.45) is 9.94. The molecule has 2 spiro atoms. The molecule has 13 atom stereocenters. The van der Waals surface area contributed by atoms with Crippen LogP contribution >= 0.6 is 13.5 Å². The zero-order chi connectivity index (χ0) is 32.3. The summed E-state index contributed by atoms with van der Waals surface area (Å²) in [6.45, 7) is 23.3. The van der Waals surface area contributed by atoms with Crippen LogP contribution in [0.5, 0.6) is 0 Å². The van der Waals surface area contributed by atoms with E-state index < -0.39 is 18.0 Å². The van der Waals surface area contributed by atoms with Crippen molar-refractivity contribution in [2.45, 2.75) is 149 Å². The summed E-state index contributed by atoms with van der Waals surface area (Å²) >= 11 is 0. The Bertz CT molecular complexity index is 1200. The van der Waals surface area contributed by atoms with Crippen LogP contribution in [0, 0.1) is 51.2 Å². The van der Waals surface area contributed by atoms with Crippen molar-refractivity contribution < 1.29 is 28.8 Å². The number of carbonyl (C=O) groups is 1. The summed E-state index contributed by atoms with van der Waals surface area (Å²) < 4.78 is 25.3. The SMILES string of the molecule is C=C(C)C(O)C1CCC2C(CC3C4CCC5C(C)(C)C(OC6CN(C(=O)OC(C)(C)C)CCO6)CCC56C(C)C46CCC23C)O1.S. The zero-order valence-corrected chi connectivity index (χ0v) is 30.9. The molecule has 13 unspecified atom stereocenters. The van der Waals surface area contributed by atoms with Crippen molar-refractivity contribution in [3.05, 3.63) is 12.2 Å². The molecule has 46 heavy (non-hydrogen) atoms. The number of carbonyl (C=O) groups excluding carboxylic acids is 1. The van der Waals surface area contributed by atoms with Crippen molar-refractivity contribution in [1.82, 2.24) is 4.90 Å². The van der Waals surface area contributed by atoms with E-state index in [9.17, 15) is 9.90 Å². The lowest BCUT2D eigenvalue weighted by atomic mass is 9.46. The van der Waals surface area contributed by atoms with Gasteiger partial charge in [-0.25, -0.2) is 4.79 Å². The Morgan fingerprint density at radius 1 is 1.00 bits per heavy atom. The van der Waals surface area contributed by atoms with E-state index in [-0.39, 0.29) is 43.3 Å². The molecule has 2 aliphatic heterocycles. The van der Waals surface area contributed by atoms with Crippen LogP contribution in [0.15, 0.2) is 12.2 Å². The fourth-order valence-electron chi connectivity index (χ4n) is 13.2. The highest BCUT2D eigenvalue weighted by atomic mass is 32.1. The first-order valence-corrected chi connectivity index (χ1v) is 18.3. The van der Waals surface area contributed by atoms with E-state index in [1.54, 1.807) is 4.90 Å². The van der Waals surface area contributed by atoms with Gasteiger partial charge in [-0.05, 0) is 142 Å². The number of nitrogens with zero attached hydrogens (tertiary/aromatic N) is 1. The number of rotatable bonds is 4. The lowest BCUT2D eigenvalue weighted by Crippen LogP contribution is -2.56. The lowest BCUT2D eigenvalue weighted by Gasteiger charge is -2.59. The topological polar surface area (TPSA) is 77.5 Å². The van der Waals surface area contributed by atoms with Gasteiger partial charge in [0.2, 0.25) is 0 Å². The van der Waals surface area contributed by atoms with Crippen LogP contribution in [0.1, 0.15) is 113 Å². The molecule has 7 fully saturated rings. The largest absolute Gasteiger partial charge is 0.444 e. The molecule has 0 bridgehead atoms. The van der Waals surface area contributed by atoms with Gasteiger partial charge in [-0.1, -0.05) is 34.3 Å². The number of fused-ring (bicyclic) bond motifs is 4. The van der Waals surface area contributed by atoms with Crippen molar-refractivity contribution in [1.29, 1.82) is 0 Å². The van der Waals surface area contributed by atoms with Crippen molar-refractivity contribution in [3.8, 4) is 0 Å². The zero-order valence-electron chi connectivity index (χ0n) is 29.9. The predicted molar refractivity (Wildman–Crippen MR) is 184 cm³/mol. The monoisotopic (exact) mass is 661 g/mol. The maximum Gasteiger partial charge on any atom is 0.410 e. The van der Waals surface area contributed by atoms with Gasteiger partial charge in [0, 0.05) is 6.54 Å². The van der Waals surface area contributed by atoms with Gasteiger partial charge in [0.25, 0.3) is 0 Å². The Morgan fingerprint density at radius 2 is 1.72 bits per heavy atom. The average Bonchev–Trinajstić information content (AvgIpc) is 3.35. The van der Waals surface area contributed by atoms with E-state index in [0.717, 1.165) is 36.2 Å². The number of amides is 1. The molecule has 7 aliphatic rings. The Balaban J connectivity index is 0.00000372. The maximum absolute atomic E-state index is 12.8. The summed E-state index contributed by atoms with van der Waals surface area (Å²) in [7, 11) is 0. The molecular formula is C38H63NO6S. The van der Waals surface area contributed by atoms with Gasteiger partial charge < -0.3 is 29.0 Å².